The highest BCUT2D eigenvalue weighted by Gasteiger charge is 2.09. The number of benzene rings is 1. The smallest absolute Gasteiger partial charge is 0.316 e. The number of non-ortho nitro benzene ring substituents is 1. The van der Waals surface area contributed by atoms with Gasteiger partial charge in [0.2, 0.25) is 0 Å². The van der Waals surface area contributed by atoms with Gasteiger partial charge in [0, 0.05) is 23.6 Å². The van der Waals surface area contributed by atoms with Crippen molar-refractivity contribution in [1.29, 1.82) is 0 Å². The molecule has 0 fully saturated rings. The van der Waals surface area contributed by atoms with E-state index in [0.29, 0.717) is 6.54 Å². The van der Waals surface area contributed by atoms with Crippen molar-refractivity contribution in [3.8, 4) is 0 Å². The number of rotatable bonds is 9. The standard InChI is InChI=1S/C14H18N2O5S/c1-2-3-8-15-13(17)9-21-14(18)10-22-12-6-4-11(5-7-12)16(19)20/h4-7H,2-3,8-10H2,1H3,(H,15,17). The van der Waals surface area contributed by atoms with Crippen LogP contribution in [0.2, 0.25) is 0 Å². The van der Waals surface area contributed by atoms with Gasteiger partial charge in [0.05, 0.1) is 10.7 Å². The number of nitro benzene ring substituents is 1. The molecule has 0 heterocycles. The molecule has 22 heavy (non-hydrogen) atoms. The van der Waals surface area contributed by atoms with Gasteiger partial charge in [0.25, 0.3) is 11.6 Å². The van der Waals surface area contributed by atoms with Crippen molar-refractivity contribution in [1.82, 2.24) is 5.32 Å². The second kappa shape index (κ2) is 9.78. The number of thioether (sulfide) groups is 1. The van der Waals surface area contributed by atoms with Crippen molar-refractivity contribution in [2.75, 3.05) is 18.9 Å². The average Bonchev–Trinajstić information content (AvgIpc) is 2.51. The van der Waals surface area contributed by atoms with Crippen LogP contribution in [0.1, 0.15) is 19.8 Å². The average molecular weight is 326 g/mol. The minimum Gasteiger partial charge on any atom is -0.455 e. The summed E-state index contributed by atoms with van der Waals surface area (Å²) in [4.78, 5) is 33.6. The highest BCUT2D eigenvalue weighted by molar-refractivity contribution is 8.00. The number of nitrogens with zero attached hydrogens (tertiary/aromatic N) is 1. The van der Waals surface area contributed by atoms with Crippen molar-refractivity contribution in [3.05, 3.63) is 34.4 Å². The van der Waals surface area contributed by atoms with Gasteiger partial charge in [-0.1, -0.05) is 13.3 Å². The highest BCUT2D eigenvalue weighted by atomic mass is 32.2. The molecule has 0 aliphatic heterocycles. The van der Waals surface area contributed by atoms with E-state index in [1.54, 1.807) is 12.1 Å². The first-order chi connectivity index (χ1) is 10.5. The summed E-state index contributed by atoms with van der Waals surface area (Å²) in [5.41, 5.74) is -0.00400. The van der Waals surface area contributed by atoms with Crippen LogP contribution in [0.5, 0.6) is 0 Å². The molecule has 1 aromatic carbocycles. The lowest BCUT2D eigenvalue weighted by atomic mass is 10.3. The summed E-state index contributed by atoms with van der Waals surface area (Å²) in [6.07, 6.45) is 1.86. The number of esters is 1. The Kier molecular flexibility index (Phi) is 7.98. The molecule has 7 nitrogen and oxygen atoms in total. The van der Waals surface area contributed by atoms with E-state index in [2.05, 4.69) is 5.32 Å². The first-order valence-corrected chi connectivity index (χ1v) is 7.81. The zero-order valence-electron chi connectivity index (χ0n) is 12.2. The van der Waals surface area contributed by atoms with Gasteiger partial charge in [0.1, 0.15) is 0 Å². The molecule has 0 unspecified atom stereocenters. The molecule has 0 atom stereocenters. The largest absolute Gasteiger partial charge is 0.455 e. The van der Waals surface area contributed by atoms with Gasteiger partial charge in [-0.05, 0) is 18.6 Å². The third-order valence-electron chi connectivity index (χ3n) is 2.62. The van der Waals surface area contributed by atoms with Crippen molar-refractivity contribution in [2.45, 2.75) is 24.7 Å². The van der Waals surface area contributed by atoms with Crippen molar-refractivity contribution in [3.63, 3.8) is 0 Å². The van der Waals surface area contributed by atoms with Crippen LogP contribution in [0.3, 0.4) is 0 Å². The molecule has 8 heteroatoms. The van der Waals surface area contributed by atoms with E-state index in [0.717, 1.165) is 17.7 Å². The Bertz CT molecular complexity index is 518. The maximum absolute atomic E-state index is 11.5. The molecule has 1 aromatic rings. The fraction of sp³-hybridized carbons (Fsp3) is 0.429. The van der Waals surface area contributed by atoms with E-state index in [9.17, 15) is 19.7 Å². The number of nitrogens with one attached hydrogen (secondary N) is 1. The second-order valence-corrected chi connectivity index (χ2v) is 5.45. The maximum Gasteiger partial charge on any atom is 0.316 e. The minimum absolute atomic E-state index is 0.00400. The number of amides is 1. The van der Waals surface area contributed by atoms with Crippen LogP contribution in [-0.2, 0) is 14.3 Å². The molecule has 0 aromatic heterocycles. The molecule has 1 amide bonds. The summed E-state index contributed by atoms with van der Waals surface area (Å²) < 4.78 is 4.84. The summed E-state index contributed by atoms with van der Waals surface area (Å²) in [5.74, 6) is -0.781. The summed E-state index contributed by atoms with van der Waals surface area (Å²) in [6.45, 7) is 2.30. The molecule has 1 rings (SSSR count). The van der Waals surface area contributed by atoms with E-state index in [1.165, 1.54) is 23.9 Å². The molecule has 1 N–H and O–H groups in total. The van der Waals surface area contributed by atoms with Crippen molar-refractivity contribution >= 4 is 29.3 Å². The molecule has 120 valence electrons. The molecule has 0 aliphatic carbocycles. The van der Waals surface area contributed by atoms with Gasteiger partial charge in [0.15, 0.2) is 6.61 Å². The van der Waals surface area contributed by atoms with Crippen LogP contribution < -0.4 is 5.32 Å². The number of carbonyl (C=O) groups is 2. The molecule has 0 aliphatic rings. The fourth-order valence-corrected chi connectivity index (χ4v) is 2.15. The van der Waals surface area contributed by atoms with Gasteiger partial charge in [-0.15, -0.1) is 11.8 Å². The normalized spacial score (nSPS) is 10.0. The Morgan fingerprint density at radius 3 is 2.59 bits per heavy atom. The highest BCUT2D eigenvalue weighted by Crippen LogP contribution is 2.21. The van der Waals surface area contributed by atoms with Gasteiger partial charge in [-0.2, -0.15) is 0 Å². The number of carbonyl (C=O) groups excluding carboxylic acids is 2. The monoisotopic (exact) mass is 326 g/mol. The minimum atomic E-state index is -0.506. The summed E-state index contributed by atoms with van der Waals surface area (Å²) in [6, 6.07) is 5.87. The predicted octanol–water partition coefficient (Wildman–Crippen LogP) is 2.15. The van der Waals surface area contributed by atoms with Gasteiger partial charge in [-0.3, -0.25) is 19.7 Å². The molecule has 0 bridgehead atoms. The molecule has 0 saturated carbocycles. The maximum atomic E-state index is 11.5. The van der Waals surface area contributed by atoms with E-state index >= 15 is 0 Å². The lowest BCUT2D eigenvalue weighted by Crippen LogP contribution is -2.29. The molecule has 0 radical (unpaired) electrons. The zero-order chi connectivity index (χ0) is 16.4. The molecular formula is C14H18N2O5S. The lowest BCUT2D eigenvalue weighted by molar-refractivity contribution is -0.384. The van der Waals surface area contributed by atoms with Crippen molar-refractivity contribution in [2.24, 2.45) is 0 Å². The number of unbranched alkanes of at least 4 members (excludes halogenated alkanes) is 1. The third-order valence-corrected chi connectivity index (χ3v) is 3.61. The van der Waals surface area contributed by atoms with Gasteiger partial charge >= 0.3 is 5.97 Å². The van der Waals surface area contributed by atoms with E-state index in [4.69, 9.17) is 4.74 Å². The number of hydrogen-bond donors (Lipinski definition) is 1. The molecular weight excluding hydrogens is 308 g/mol. The summed E-state index contributed by atoms with van der Waals surface area (Å²) in [5, 5.41) is 13.2. The Balaban J connectivity index is 2.25. The Morgan fingerprint density at radius 1 is 1.32 bits per heavy atom. The van der Waals surface area contributed by atoms with Crippen LogP contribution in [0.4, 0.5) is 5.69 Å². The molecule has 0 spiro atoms. The second-order valence-electron chi connectivity index (χ2n) is 4.40. The zero-order valence-corrected chi connectivity index (χ0v) is 13.1. The SMILES string of the molecule is CCCCNC(=O)COC(=O)CSc1ccc([N+](=O)[O-])cc1. The van der Waals surface area contributed by atoms with Crippen molar-refractivity contribution < 1.29 is 19.2 Å². The fourth-order valence-electron chi connectivity index (χ4n) is 1.45. The first kappa shape index (κ1) is 18.0. The van der Waals surface area contributed by atoms with E-state index in [-0.39, 0.29) is 24.0 Å². The predicted molar refractivity (Wildman–Crippen MR) is 82.7 cm³/mol. The lowest BCUT2D eigenvalue weighted by Gasteiger charge is -2.06. The third kappa shape index (κ3) is 7.07. The van der Waals surface area contributed by atoms with Gasteiger partial charge < -0.3 is 10.1 Å². The first-order valence-electron chi connectivity index (χ1n) is 6.82. The summed E-state index contributed by atoms with van der Waals surface area (Å²) in [7, 11) is 0. The Labute approximate surface area is 132 Å². The van der Waals surface area contributed by atoms with Crippen LogP contribution in [-0.4, -0.2) is 35.7 Å². The number of nitro groups is 1. The number of ether oxygens (including phenoxy) is 1. The molecule has 0 saturated heterocycles. The van der Waals surface area contributed by atoms with Gasteiger partial charge in [-0.25, -0.2) is 0 Å². The van der Waals surface area contributed by atoms with Crippen LogP contribution in [0.15, 0.2) is 29.2 Å². The Morgan fingerprint density at radius 2 is 2.00 bits per heavy atom. The van der Waals surface area contributed by atoms with Crippen LogP contribution in [0, 0.1) is 10.1 Å². The van der Waals surface area contributed by atoms with Crippen LogP contribution in [0.25, 0.3) is 0 Å². The Hall–Kier alpha value is -2.09. The topological polar surface area (TPSA) is 98.5 Å². The number of hydrogen-bond acceptors (Lipinski definition) is 6. The van der Waals surface area contributed by atoms with E-state index in [1.807, 2.05) is 6.92 Å². The quantitative estimate of drug-likeness (QED) is 0.245. The van der Waals surface area contributed by atoms with Crippen LogP contribution >= 0.6 is 11.8 Å². The van der Waals surface area contributed by atoms with E-state index < -0.39 is 10.9 Å². The summed E-state index contributed by atoms with van der Waals surface area (Å²) >= 11 is 1.19.